The van der Waals surface area contributed by atoms with E-state index in [-0.39, 0.29) is 0 Å². The summed E-state index contributed by atoms with van der Waals surface area (Å²) in [5.41, 5.74) is 2.51. The van der Waals surface area contributed by atoms with Gasteiger partial charge in [-0.05, 0) is 31.2 Å². The first-order valence-electron chi connectivity index (χ1n) is 5.27. The molecule has 80 valence electrons. The van der Waals surface area contributed by atoms with Crippen LogP contribution in [0.5, 0.6) is 0 Å². The number of hydrogen-bond donors (Lipinski definition) is 0. The van der Waals surface area contributed by atoms with Crippen molar-refractivity contribution in [1.82, 2.24) is 9.55 Å². The van der Waals surface area contributed by atoms with Gasteiger partial charge in [0, 0.05) is 6.20 Å². The van der Waals surface area contributed by atoms with Crippen molar-refractivity contribution >= 4 is 21.9 Å². The van der Waals surface area contributed by atoms with Crippen LogP contribution in [-0.2, 0) is 6.54 Å². The van der Waals surface area contributed by atoms with E-state index in [1.54, 1.807) is 12.5 Å². The maximum absolute atomic E-state index is 11.8. The van der Waals surface area contributed by atoms with Crippen LogP contribution in [0.3, 0.4) is 0 Å². The third-order valence-electron chi connectivity index (χ3n) is 2.85. The predicted molar refractivity (Wildman–Crippen MR) is 61.9 cm³/mol. The summed E-state index contributed by atoms with van der Waals surface area (Å²) in [7, 11) is 0. The summed E-state index contributed by atoms with van der Waals surface area (Å²) >= 11 is 0. The van der Waals surface area contributed by atoms with Gasteiger partial charge in [-0.25, -0.2) is 9.30 Å². The Labute approximate surface area is 92.3 Å². The van der Waals surface area contributed by atoms with Gasteiger partial charge in [-0.15, -0.1) is 0 Å². The summed E-state index contributed by atoms with van der Waals surface area (Å²) < 4.78 is 2.86. The molecule has 1 aromatic carbocycles. The monoisotopic (exact) mass is 213 g/mol. The van der Waals surface area contributed by atoms with Crippen LogP contribution in [-0.4, -0.2) is 9.55 Å². The predicted octanol–water partition coefficient (Wildman–Crippen LogP) is 1.84. The minimum Gasteiger partial charge on any atom is -0.710 e. The Morgan fingerprint density at radius 3 is 3.06 bits per heavy atom. The number of benzene rings is 1. The molecule has 0 spiro atoms. The third-order valence-corrected chi connectivity index (χ3v) is 2.85. The Morgan fingerprint density at radius 1 is 1.38 bits per heavy atom. The molecule has 0 bridgehead atoms. The molecule has 0 aliphatic carbocycles. The molecule has 4 heteroatoms. The minimum absolute atomic E-state index is 0.701. The summed E-state index contributed by atoms with van der Waals surface area (Å²) in [6.45, 7) is 2.81. The fourth-order valence-electron chi connectivity index (χ4n) is 2.09. The Balaban J connectivity index is 2.55. The lowest BCUT2D eigenvalue weighted by atomic mass is 10.2. The average molecular weight is 213 g/mol. The zero-order chi connectivity index (χ0) is 11.1. The van der Waals surface area contributed by atoms with Crippen molar-refractivity contribution in [2.75, 3.05) is 0 Å². The van der Waals surface area contributed by atoms with E-state index in [1.807, 2.05) is 35.8 Å². The van der Waals surface area contributed by atoms with Crippen LogP contribution in [0.1, 0.15) is 6.92 Å². The van der Waals surface area contributed by atoms with Crippen LogP contribution in [0.15, 0.2) is 36.8 Å². The first-order chi connectivity index (χ1) is 7.81. The molecular formula is C12H11N3O. The van der Waals surface area contributed by atoms with Crippen molar-refractivity contribution in [2.24, 2.45) is 0 Å². The van der Waals surface area contributed by atoms with Gasteiger partial charge in [-0.3, -0.25) is 4.98 Å². The second kappa shape index (κ2) is 3.20. The van der Waals surface area contributed by atoms with Gasteiger partial charge in [0.05, 0.1) is 17.4 Å². The Hall–Kier alpha value is -2.10. The van der Waals surface area contributed by atoms with E-state index < -0.39 is 0 Å². The number of pyridine rings is 1. The van der Waals surface area contributed by atoms with Crippen molar-refractivity contribution in [2.45, 2.75) is 13.5 Å². The van der Waals surface area contributed by atoms with Gasteiger partial charge in [-0.1, -0.05) is 0 Å². The molecule has 0 N–H and O–H groups in total. The van der Waals surface area contributed by atoms with E-state index in [2.05, 4.69) is 4.98 Å². The van der Waals surface area contributed by atoms with Crippen LogP contribution < -0.4 is 4.73 Å². The van der Waals surface area contributed by atoms with Gasteiger partial charge in [-0.2, -0.15) is 0 Å². The van der Waals surface area contributed by atoms with Crippen molar-refractivity contribution in [3.05, 3.63) is 42.0 Å². The Morgan fingerprint density at radius 2 is 2.25 bits per heavy atom. The first-order valence-corrected chi connectivity index (χ1v) is 5.27. The van der Waals surface area contributed by atoms with Crippen molar-refractivity contribution in [3.63, 3.8) is 0 Å². The number of aromatic nitrogens is 3. The summed E-state index contributed by atoms with van der Waals surface area (Å²) in [5, 5.41) is 12.7. The number of rotatable bonds is 1. The minimum atomic E-state index is 0.701. The molecule has 16 heavy (non-hydrogen) atoms. The molecule has 0 saturated heterocycles. The van der Waals surface area contributed by atoms with Crippen LogP contribution in [0.25, 0.3) is 21.9 Å². The summed E-state index contributed by atoms with van der Waals surface area (Å²) in [6, 6.07) is 7.68. The normalized spacial score (nSPS) is 11.3. The molecule has 0 radical (unpaired) electrons. The van der Waals surface area contributed by atoms with E-state index in [1.165, 1.54) is 0 Å². The molecule has 0 atom stereocenters. The van der Waals surface area contributed by atoms with Gasteiger partial charge < -0.3 is 5.21 Å². The topological polar surface area (TPSA) is 44.8 Å². The van der Waals surface area contributed by atoms with E-state index in [4.69, 9.17) is 0 Å². The summed E-state index contributed by atoms with van der Waals surface area (Å²) in [6.07, 6.45) is 3.32. The fourth-order valence-corrected chi connectivity index (χ4v) is 2.09. The Bertz CT molecular complexity index is 672. The molecule has 2 heterocycles. The van der Waals surface area contributed by atoms with Gasteiger partial charge in [0.2, 0.25) is 6.33 Å². The maximum atomic E-state index is 11.8. The number of hydrogen-bond acceptors (Lipinski definition) is 2. The molecule has 3 aromatic rings. The fraction of sp³-hybridized carbons (Fsp3) is 0.167. The van der Waals surface area contributed by atoms with Crippen molar-refractivity contribution in [1.29, 1.82) is 0 Å². The van der Waals surface area contributed by atoms with Gasteiger partial charge >= 0.3 is 0 Å². The van der Waals surface area contributed by atoms with E-state index >= 15 is 0 Å². The zero-order valence-corrected chi connectivity index (χ0v) is 8.92. The second-order valence-electron chi connectivity index (χ2n) is 3.73. The third kappa shape index (κ3) is 1.10. The highest BCUT2D eigenvalue weighted by atomic mass is 16.5. The van der Waals surface area contributed by atoms with Crippen LogP contribution in [0, 0.1) is 5.21 Å². The lowest BCUT2D eigenvalue weighted by molar-refractivity contribution is -0.577. The number of nitrogens with zero attached hydrogens (tertiary/aromatic N) is 3. The highest BCUT2D eigenvalue weighted by Gasteiger charge is 2.13. The van der Waals surface area contributed by atoms with Crippen LogP contribution in [0.4, 0.5) is 0 Å². The SMILES string of the molecule is CCn1c[n+]([O-])c2c3cccnc3ccc21. The summed E-state index contributed by atoms with van der Waals surface area (Å²) in [5.74, 6) is 0. The number of imidazole rings is 1. The molecular weight excluding hydrogens is 202 g/mol. The quantitative estimate of drug-likeness (QED) is 0.457. The number of aryl methyl sites for hydroxylation is 1. The second-order valence-corrected chi connectivity index (χ2v) is 3.73. The maximum Gasteiger partial charge on any atom is 0.247 e. The standard InChI is InChI=1S/C12H11N3O/c1-2-14-8-15(16)12-9-4-3-7-13-10(9)5-6-11(12)14/h3-8H,2H2,1H3. The molecule has 0 fully saturated rings. The van der Waals surface area contributed by atoms with Gasteiger partial charge in [0.15, 0.2) is 11.0 Å². The molecule has 0 amide bonds. The molecule has 2 aromatic heterocycles. The molecule has 0 saturated carbocycles. The first kappa shape index (κ1) is 9.15. The molecule has 0 unspecified atom stereocenters. The molecule has 4 nitrogen and oxygen atoms in total. The molecule has 0 aliphatic heterocycles. The highest BCUT2D eigenvalue weighted by Crippen LogP contribution is 2.21. The average Bonchev–Trinajstić information content (AvgIpc) is 2.66. The van der Waals surface area contributed by atoms with Crippen molar-refractivity contribution < 1.29 is 4.73 Å². The lowest BCUT2D eigenvalue weighted by Gasteiger charge is -2.00. The van der Waals surface area contributed by atoms with Crippen LogP contribution in [0.2, 0.25) is 0 Å². The Kier molecular flexibility index (Phi) is 1.83. The van der Waals surface area contributed by atoms with E-state index in [0.717, 1.165) is 27.7 Å². The largest absolute Gasteiger partial charge is 0.710 e. The lowest BCUT2D eigenvalue weighted by Crippen LogP contribution is -2.23. The van der Waals surface area contributed by atoms with Gasteiger partial charge in [0.25, 0.3) is 0 Å². The van der Waals surface area contributed by atoms with E-state index in [0.29, 0.717) is 5.52 Å². The smallest absolute Gasteiger partial charge is 0.247 e. The highest BCUT2D eigenvalue weighted by molar-refractivity contribution is 6.00. The molecule has 3 rings (SSSR count). The zero-order valence-electron chi connectivity index (χ0n) is 8.92. The van der Waals surface area contributed by atoms with Crippen molar-refractivity contribution in [3.8, 4) is 0 Å². The van der Waals surface area contributed by atoms with Gasteiger partial charge in [0.1, 0.15) is 0 Å². The molecule has 0 aliphatic rings. The number of fused-ring (bicyclic) bond motifs is 3. The summed E-state index contributed by atoms with van der Waals surface area (Å²) in [4.78, 5) is 4.25. The van der Waals surface area contributed by atoms with Crippen LogP contribution >= 0.6 is 0 Å². The van der Waals surface area contributed by atoms with E-state index in [9.17, 15) is 5.21 Å².